The first-order valence-corrected chi connectivity index (χ1v) is 8.90. The van der Waals surface area contributed by atoms with E-state index < -0.39 is 17.5 Å². The van der Waals surface area contributed by atoms with Gasteiger partial charge in [-0.25, -0.2) is 0 Å². The quantitative estimate of drug-likeness (QED) is 0.557. The third-order valence-corrected chi connectivity index (χ3v) is 4.92. The summed E-state index contributed by atoms with van der Waals surface area (Å²) in [6.07, 6.45) is -4.23. The van der Waals surface area contributed by atoms with E-state index in [4.69, 9.17) is 0 Å². The molecule has 0 aliphatic heterocycles. The van der Waals surface area contributed by atoms with Crippen LogP contribution in [0.4, 0.5) is 13.2 Å². The molecule has 2 nitrogen and oxygen atoms in total. The molecule has 27 heavy (non-hydrogen) atoms. The van der Waals surface area contributed by atoms with Crippen LogP contribution >= 0.6 is 0 Å². The van der Waals surface area contributed by atoms with Gasteiger partial charge in [0.15, 0.2) is 0 Å². The summed E-state index contributed by atoms with van der Waals surface area (Å²) in [4.78, 5) is 0. The smallest absolute Gasteiger partial charge is 0.372 e. The van der Waals surface area contributed by atoms with E-state index in [1.807, 2.05) is 49.4 Å². The Morgan fingerprint density at radius 3 is 2.26 bits per heavy atom. The lowest BCUT2D eigenvalue weighted by Crippen LogP contribution is -2.43. The third kappa shape index (κ3) is 3.99. The fraction of sp³-hybridized carbons (Fsp3) is 0.273. The molecule has 0 aromatic heterocycles. The Bertz CT molecular complexity index is 933. The number of hydrogen-bond donors (Lipinski definition) is 2. The molecule has 2 N–H and O–H groups in total. The Morgan fingerprint density at radius 2 is 1.56 bits per heavy atom. The van der Waals surface area contributed by atoms with E-state index in [0.29, 0.717) is 0 Å². The lowest BCUT2D eigenvalue weighted by molar-refractivity contribution is -0.137. The molecule has 3 rings (SSSR count). The first-order valence-electron chi connectivity index (χ1n) is 8.90. The van der Waals surface area contributed by atoms with Gasteiger partial charge in [-0.05, 0) is 47.4 Å². The van der Waals surface area contributed by atoms with E-state index >= 15 is 0 Å². The van der Waals surface area contributed by atoms with Gasteiger partial charge in [-0.3, -0.25) is 5.32 Å². The van der Waals surface area contributed by atoms with Crippen molar-refractivity contribution in [2.24, 2.45) is 0 Å². The zero-order valence-electron chi connectivity index (χ0n) is 15.2. The number of alkyl halides is 3. The van der Waals surface area contributed by atoms with Gasteiger partial charge >= 0.3 is 6.18 Å². The molecule has 0 spiro atoms. The maximum atomic E-state index is 13.1. The summed E-state index contributed by atoms with van der Waals surface area (Å²) in [7, 11) is 0. The molecule has 0 saturated carbocycles. The fourth-order valence-corrected chi connectivity index (χ4v) is 3.41. The van der Waals surface area contributed by atoms with Crippen molar-refractivity contribution in [1.82, 2.24) is 5.32 Å². The highest BCUT2D eigenvalue weighted by atomic mass is 19.4. The predicted octanol–water partition coefficient (Wildman–Crippen LogP) is 5.76. The molecule has 0 radical (unpaired) electrons. The number of hydrogen-bond acceptors (Lipinski definition) is 2. The molecule has 0 heterocycles. The highest BCUT2D eigenvalue weighted by molar-refractivity contribution is 5.86. The van der Waals surface area contributed by atoms with Crippen LogP contribution in [-0.4, -0.2) is 5.11 Å². The van der Waals surface area contributed by atoms with Gasteiger partial charge in [0.05, 0.1) is 5.56 Å². The van der Waals surface area contributed by atoms with Crippen LogP contribution in [0.25, 0.3) is 10.8 Å². The Labute approximate surface area is 156 Å². The summed E-state index contributed by atoms with van der Waals surface area (Å²) in [5, 5.41) is 16.4. The Balaban J connectivity index is 1.96. The summed E-state index contributed by atoms with van der Waals surface area (Å²) in [5.41, 5.74) is -1.16. The van der Waals surface area contributed by atoms with Crippen molar-refractivity contribution in [1.29, 1.82) is 0 Å². The Kier molecular flexibility index (Phi) is 5.27. The van der Waals surface area contributed by atoms with Gasteiger partial charge in [0.2, 0.25) is 0 Å². The van der Waals surface area contributed by atoms with Crippen molar-refractivity contribution < 1.29 is 18.3 Å². The van der Waals surface area contributed by atoms with Gasteiger partial charge in [-0.15, -0.1) is 0 Å². The summed E-state index contributed by atoms with van der Waals surface area (Å²) < 4.78 is 39.2. The number of halogens is 3. The minimum atomic E-state index is -4.45. The number of fused-ring (bicyclic) bond motifs is 1. The standard InChI is InChI=1S/C22H22F3NO/c1-3-21(27,17-10-7-11-18(14-17)22(23,24)25)26-15(2)19-13-6-9-16-8-4-5-12-20(16)19/h4-15,26-27H,3H2,1-2H3/t15?,21-/m1/s1. The van der Waals surface area contributed by atoms with Crippen LogP contribution in [-0.2, 0) is 11.9 Å². The second-order valence-electron chi connectivity index (χ2n) is 6.73. The highest BCUT2D eigenvalue weighted by Gasteiger charge is 2.34. The van der Waals surface area contributed by atoms with Gasteiger partial charge in [-0.1, -0.05) is 61.5 Å². The molecule has 5 heteroatoms. The topological polar surface area (TPSA) is 32.3 Å². The number of rotatable bonds is 5. The molecular weight excluding hydrogens is 351 g/mol. The average molecular weight is 373 g/mol. The minimum Gasteiger partial charge on any atom is -0.372 e. The predicted molar refractivity (Wildman–Crippen MR) is 101 cm³/mol. The maximum absolute atomic E-state index is 13.1. The molecule has 2 atom stereocenters. The number of aliphatic hydroxyl groups is 1. The van der Waals surface area contributed by atoms with Crippen LogP contribution in [0.2, 0.25) is 0 Å². The van der Waals surface area contributed by atoms with Crippen molar-refractivity contribution in [3.05, 3.63) is 83.4 Å². The molecule has 3 aromatic rings. The van der Waals surface area contributed by atoms with Crippen LogP contribution in [0.3, 0.4) is 0 Å². The van der Waals surface area contributed by atoms with Crippen LogP contribution in [0.1, 0.15) is 43.0 Å². The second-order valence-corrected chi connectivity index (χ2v) is 6.73. The molecule has 0 aliphatic carbocycles. The van der Waals surface area contributed by atoms with Crippen LogP contribution < -0.4 is 5.32 Å². The summed E-state index contributed by atoms with van der Waals surface area (Å²) in [6.45, 7) is 3.64. The molecule has 3 aromatic carbocycles. The second kappa shape index (κ2) is 7.33. The lowest BCUT2D eigenvalue weighted by atomic mass is 9.94. The molecule has 142 valence electrons. The normalized spacial score (nSPS) is 15.5. The molecule has 0 bridgehead atoms. The van der Waals surface area contributed by atoms with Crippen LogP contribution in [0.15, 0.2) is 66.7 Å². The van der Waals surface area contributed by atoms with E-state index in [0.717, 1.165) is 28.5 Å². The maximum Gasteiger partial charge on any atom is 0.416 e. The molecule has 0 saturated heterocycles. The van der Waals surface area contributed by atoms with Crippen LogP contribution in [0, 0.1) is 0 Å². The molecule has 0 aliphatic rings. The molecule has 1 unspecified atom stereocenters. The zero-order chi connectivity index (χ0) is 19.7. The monoisotopic (exact) mass is 373 g/mol. The molecule has 0 amide bonds. The number of nitrogens with one attached hydrogen (secondary N) is 1. The largest absolute Gasteiger partial charge is 0.416 e. The first-order chi connectivity index (χ1) is 12.7. The Morgan fingerprint density at radius 1 is 0.926 bits per heavy atom. The van der Waals surface area contributed by atoms with Gasteiger partial charge in [-0.2, -0.15) is 13.2 Å². The van der Waals surface area contributed by atoms with E-state index in [2.05, 4.69) is 5.32 Å². The minimum absolute atomic E-state index is 0.201. The van der Waals surface area contributed by atoms with E-state index in [-0.39, 0.29) is 18.0 Å². The van der Waals surface area contributed by atoms with E-state index in [1.165, 1.54) is 12.1 Å². The highest BCUT2D eigenvalue weighted by Crippen LogP contribution is 2.34. The van der Waals surface area contributed by atoms with Crippen molar-refractivity contribution in [2.75, 3.05) is 0 Å². The van der Waals surface area contributed by atoms with Gasteiger partial charge in [0, 0.05) is 6.04 Å². The SMILES string of the molecule is CC[C@](O)(NC(C)c1cccc2ccccc12)c1cccc(C(F)(F)F)c1. The van der Waals surface area contributed by atoms with Crippen molar-refractivity contribution in [2.45, 2.75) is 38.2 Å². The first kappa shape index (κ1) is 19.4. The Hall–Kier alpha value is -2.37. The lowest BCUT2D eigenvalue weighted by Gasteiger charge is -2.33. The zero-order valence-corrected chi connectivity index (χ0v) is 15.2. The van der Waals surface area contributed by atoms with E-state index in [1.54, 1.807) is 6.92 Å². The van der Waals surface area contributed by atoms with Gasteiger partial charge in [0.25, 0.3) is 0 Å². The molecule has 0 fully saturated rings. The number of benzene rings is 3. The third-order valence-electron chi connectivity index (χ3n) is 4.92. The van der Waals surface area contributed by atoms with Gasteiger partial charge < -0.3 is 5.11 Å². The van der Waals surface area contributed by atoms with Crippen molar-refractivity contribution in [3.63, 3.8) is 0 Å². The van der Waals surface area contributed by atoms with Crippen molar-refractivity contribution in [3.8, 4) is 0 Å². The van der Waals surface area contributed by atoms with Gasteiger partial charge in [0.1, 0.15) is 5.72 Å². The molecular formula is C22H22F3NO. The van der Waals surface area contributed by atoms with Crippen molar-refractivity contribution >= 4 is 10.8 Å². The average Bonchev–Trinajstić information content (AvgIpc) is 2.66. The van der Waals surface area contributed by atoms with E-state index in [9.17, 15) is 18.3 Å². The van der Waals surface area contributed by atoms with Crippen LogP contribution in [0.5, 0.6) is 0 Å². The fourth-order valence-electron chi connectivity index (χ4n) is 3.41. The summed E-state index contributed by atoms with van der Waals surface area (Å²) in [5.74, 6) is 0. The summed E-state index contributed by atoms with van der Waals surface area (Å²) in [6, 6.07) is 18.4. The summed E-state index contributed by atoms with van der Waals surface area (Å²) >= 11 is 0.